The first-order valence-corrected chi connectivity index (χ1v) is 6.87. The van der Waals surface area contributed by atoms with Crippen LogP contribution in [-0.4, -0.2) is 28.0 Å². The molecular formula is C11H19N3S. The molecule has 0 amide bonds. The van der Waals surface area contributed by atoms with Gasteiger partial charge in [-0.05, 0) is 38.0 Å². The zero-order valence-electron chi connectivity index (χ0n) is 9.04. The van der Waals surface area contributed by atoms with Gasteiger partial charge in [-0.3, -0.25) is 0 Å². The normalized spacial score (nSPS) is 21.8. The molecule has 15 heavy (non-hydrogen) atoms. The standard InChI is InChI=1S/C11H19N3S/c12-5-1-4-10-7-13-11(14-10)9-3-2-6-15-8-9/h7,9H,1-6,8,12H2,(H,13,14). The summed E-state index contributed by atoms with van der Waals surface area (Å²) in [6, 6.07) is 0. The van der Waals surface area contributed by atoms with Gasteiger partial charge in [0.1, 0.15) is 5.82 Å². The number of nitrogens with two attached hydrogens (primary N) is 1. The predicted octanol–water partition coefficient (Wildman–Crippen LogP) is 1.91. The van der Waals surface area contributed by atoms with E-state index in [4.69, 9.17) is 5.73 Å². The first-order valence-electron chi connectivity index (χ1n) is 5.71. The maximum absolute atomic E-state index is 5.49. The maximum Gasteiger partial charge on any atom is 0.110 e. The largest absolute Gasteiger partial charge is 0.346 e. The highest BCUT2D eigenvalue weighted by Gasteiger charge is 2.18. The van der Waals surface area contributed by atoms with Crippen molar-refractivity contribution in [1.29, 1.82) is 0 Å². The Morgan fingerprint density at radius 1 is 1.60 bits per heavy atom. The van der Waals surface area contributed by atoms with E-state index in [0.29, 0.717) is 5.92 Å². The van der Waals surface area contributed by atoms with Gasteiger partial charge >= 0.3 is 0 Å². The summed E-state index contributed by atoms with van der Waals surface area (Å²) in [5.74, 6) is 4.38. The molecule has 0 bridgehead atoms. The van der Waals surface area contributed by atoms with Crippen LogP contribution in [0.25, 0.3) is 0 Å². The van der Waals surface area contributed by atoms with E-state index in [2.05, 4.69) is 9.97 Å². The Morgan fingerprint density at radius 3 is 3.27 bits per heavy atom. The Morgan fingerprint density at radius 2 is 2.53 bits per heavy atom. The second kappa shape index (κ2) is 5.56. The second-order valence-corrected chi connectivity index (χ2v) is 5.25. The predicted molar refractivity (Wildman–Crippen MR) is 65.3 cm³/mol. The van der Waals surface area contributed by atoms with E-state index in [1.54, 1.807) is 0 Å². The summed E-state index contributed by atoms with van der Waals surface area (Å²) < 4.78 is 0. The maximum atomic E-state index is 5.49. The van der Waals surface area contributed by atoms with Crippen molar-refractivity contribution in [2.24, 2.45) is 5.73 Å². The van der Waals surface area contributed by atoms with Crippen molar-refractivity contribution in [3.8, 4) is 0 Å². The van der Waals surface area contributed by atoms with Crippen LogP contribution in [0.15, 0.2) is 6.20 Å². The molecule has 1 saturated heterocycles. The number of aryl methyl sites for hydroxylation is 1. The van der Waals surface area contributed by atoms with Crippen LogP contribution in [-0.2, 0) is 6.42 Å². The molecule has 1 aliphatic heterocycles. The average molecular weight is 225 g/mol. The SMILES string of the molecule is NCCCc1cnc(C2CCCSC2)[nH]1. The van der Waals surface area contributed by atoms with E-state index >= 15 is 0 Å². The zero-order valence-corrected chi connectivity index (χ0v) is 9.85. The number of hydrogen-bond donors (Lipinski definition) is 2. The number of hydrogen-bond acceptors (Lipinski definition) is 3. The Bertz CT molecular complexity index is 292. The molecule has 1 aliphatic rings. The molecule has 0 spiro atoms. The molecule has 1 fully saturated rings. The van der Waals surface area contributed by atoms with Crippen molar-refractivity contribution in [3.05, 3.63) is 17.7 Å². The number of aromatic nitrogens is 2. The molecule has 0 aliphatic carbocycles. The molecule has 3 N–H and O–H groups in total. The second-order valence-electron chi connectivity index (χ2n) is 4.10. The van der Waals surface area contributed by atoms with Crippen LogP contribution >= 0.6 is 11.8 Å². The summed E-state index contributed by atoms with van der Waals surface area (Å²) in [5, 5.41) is 0. The first-order chi connectivity index (χ1) is 7.40. The number of imidazole rings is 1. The van der Waals surface area contributed by atoms with Crippen molar-refractivity contribution in [3.63, 3.8) is 0 Å². The summed E-state index contributed by atoms with van der Waals surface area (Å²) in [6.07, 6.45) is 6.67. The Balaban J connectivity index is 1.93. The summed E-state index contributed by atoms with van der Waals surface area (Å²) in [4.78, 5) is 7.92. The third-order valence-electron chi connectivity index (χ3n) is 2.85. The van der Waals surface area contributed by atoms with Crippen LogP contribution in [0.2, 0.25) is 0 Å². The Kier molecular flexibility index (Phi) is 4.09. The van der Waals surface area contributed by atoms with Crippen molar-refractivity contribution >= 4 is 11.8 Å². The summed E-state index contributed by atoms with van der Waals surface area (Å²) in [7, 11) is 0. The van der Waals surface area contributed by atoms with E-state index in [0.717, 1.165) is 19.4 Å². The monoisotopic (exact) mass is 225 g/mol. The molecule has 1 aromatic rings. The lowest BCUT2D eigenvalue weighted by atomic mass is 10.1. The minimum absolute atomic E-state index is 0.648. The van der Waals surface area contributed by atoms with Gasteiger partial charge in [0.25, 0.3) is 0 Å². The fourth-order valence-corrected chi connectivity index (χ4v) is 3.11. The number of nitrogens with zero attached hydrogens (tertiary/aromatic N) is 1. The first kappa shape index (κ1) is 11.0. The molecule has 3 nitrogen and oxygen atoms in total. The van der Waals surface area contributed by atoms with Crippen molar-refractivity contribution in [2.45, 2.75) is 31.6 Å². The molecule has 4 heteroatoms. The number of aromatic amines is 1. The highest BCUT2D eigenvalue weighted by molar-refractivity contribution is 7.99. The molecular weight excluding hydrogens is 206 g/mol. The van der Waals surface area contributed by atoms with Gasteiger partial charge < -0.3 is 10.7 Å². The quantitative estimate of drug-likeness (QED) is 0.823. The van der Waals surface area contributed by atoms with Crippen molar-refractivity contribution in [2.75, 3.05) is 18.1 Å². The van der Waals surface area contributed by atoms with Crippen LogP contribution in [0.1, 0.15) is 36.7 Å². The van der Waals surface area contributed by atoms with E-state index in [1.807, 2.05) is 18.0 Å². The summed E-state index contributed by atoms with van der Waals surface area (Å²) in [5.41, 5.74) is 6.73. The average Bonchev–Trinajstić information content (AvgIpc) is 2.76. The van der Waals surface area contributed by atoms with E-state index < -0.39 is 0 Å². The Hall–Kier alpha value is -0.480. The van der Waals surface area contributed by atoms with Gasteiger partial charge in [-0.15, -0.1) is 0 Å². The van der Waals surface area contributed by atoms with Gasteiger partial charge in [0.15, 0.2) is 0 Å². The molecule has 2 rings (SSSR count). The summed E-state index contributed by atoms with van der Waals surface area (Å²) in [6.45, 7) is 0.758. The third kappa shape index (κ3) is 2.98. The fourth-order valence-electron chi connectivity index (χ4n) is 1.96. The number of thioether (sulfide) groups is 1. The lowest BCUT2D eigenvalue weighted by molar-refractivity contribution is 0.628. The van der Waals surface area contributed by atoms with Gasteiger partial charge in [-0.25, -0.2) is 4.98 Å². The molecule has 2 heterocycles. The Labute approximate surface area is 95.2 Å². The molecule has 0 saturated carbocycles. The van der Waals surface area contributed by atoms with E-state index in [1.165, 1.54) is 35.9 Å². The minimum atomic E-state index is 0.648. The van der Waals surface area contributed by atoms with Crippen molar-refractivity contribution < 1.29 is 0 Å². The van der Waals surface area contributed by atoms with Gasteiger partial charge in [-0.1, -0.05) is 0 Å². The molecule has 0 aromatic carbocycles. The van der Waals surface area contributed by atoms with Crippen molar-refractivity contribution in [1.82, 2.24) is 9.97 Å². The molecule has 1 atom stereocenters. The van der Waals surface area contributed by atoms with Crippen LogP contribution in [0.3, 0.4) is 0 Å². The summed E-state index contributed by atoms with van der Waals surface area (Å²) >= 11 is 2.04. The third-order valence-corrected chi connectivity index (χ3v) is 4.06. The fraction of sp³-hybridized carbons (Fsp3) is 0.727. The minimum Gasteiger partial charge on any atom is -0.346 e. The van der Waals surface area contributed by atoms with Crippen LogP contribution < -0.4 is 5.73 Å². The van der Waals surface area contributed by atoms with Gasteiger partial charge in [0.05, 0.1) is 0 Å². The molecule has 84 valence electrons. The lowest BCUT2D eigenvalue weighted by Gasteiger charge is -2.18. The highest BCUT2D eigenvalue weighted by Crippen LogP contribution is 2.29. The molecule has 0 radical (unpaired) electrons. The highest BCUT2D eigenvalue weighted by atomic mass is 32.2. The number of H-pyrrole nitrogens is 1. The van der Waals surface area contributed by atoms with Crippen LogP contribution in [0, 0.1) is 0 Å². The zero-order chi connectivity index (χ0) is 10.5. The molecule has 1 aromatic heterocycles. The lowest BCUT2D eigenvalue weighted by Crippen LogP contribution is -2.10. The number of rotatable bonds is 4. The van der Waals surface area contributed by atoms with Crippen LogP contribution in [0.5, 0.6) is 0 Å². The smallest absolute Gasteiger partial charge is 0.110 e. The van der Waals surface area contributed by atoms with Gasteiger partial charge in [-0.2, -0.15) is 11.8 Å². The van der Waals surface area contributed by atoms with E-state index in [-0.39, 0.29) is 0 Å². The van der Waals surface area contributed by atoms with Gasteiger partial charge in [0.2, 0.25) is 0 Å². The van der Waals surface area contributed by atoms with E-state index in [9.17, 15) is 0 Å². The van der Waals surface area contributed by atoms with Crippen LogP contribution in [0.4, 0.5) is 0 Å². The van der Waals surface area contributed by atoms with Gasteiger partial charge in [0, 0.05) is 23.6 Å². The number of nitrogens with one attached hydrogen (secondary N) is 1. The topological polar surface area (TPSA) is 54.7 Å². The molecule has 1 unspecified atom stereocenters.